The van der Waals surface area contributed by atoms with E-state index in [-0.39, 0.29) is 11.7 Å². The molecule has 36 heavy (non-hydrogen) atoms. The lowest BCUT2D eigenvalue weighted by molar-refractivity contribution is -0.117. The van der Waals surface area contributed by atoms with Crippen molar-refractivity contribution >= 4 is 23.1 Å². The van der Waals surface area contributed by atoms with E-state index in [9.17, 15) is 9.90 Å². The molecular weight excluding hydrogens is 474 g/mol. The zero-order valence-electron chi connectivity index (χ0n) is 20.7. The number of ether oxygens (including phenoxy) is 2. The molecule has 3 aromatic carbocycles. The van der Waals surface area contributed by atoms with Gasteiger partial charge in [-0.05, 0) is 89.9 Å². The van der Waals surface area contributed by atoms with Gasteiger partial charge in [0.15, 0.2) is 0 Å². The number of nitrogens with one attached hydrogen (secondary N) is 1. The van der Waals surface area contributed by atoms with Gasteiger partial charge >= 0.3 is 0 Å². The Bertz CT molecular complexity index is 1380. The Morgan fingerprint density at radius 1 is 1.03 bits per heavy atom. The molecule has 186 valence electrons. The van der Waals surface area contributed by atoms with Crippen LogP contribution >= 0.6 is 11.5 Å². The maximum absolute atomic E-state index is 12.9. The summed E-state index contributed by atoms with van der Waals surface area (Å²) in [4.78, 5) is 13.9. The Hall–Kier alpha value is -3.88. The van der Waals surface area contributed by atoms with Crippen LogP contribution in [-0.4, -0.2) is 35.6 Å². The number of rotatable bonds is 8. The van der Waals surface area contributed by atoms with Gasteiger partial charge in [0.05, 0.1) is 30.8 Å². The third-order valence-corrected chi connectivity index (χ3v) is 7.02. The van der Waals surface area contributed by atoms with Crippen molar-refractivity contribution in [3.8, 4) is 38.8 Å². The number of phenolic OH excluding ortho intramolecular Hbond substituents is 1. The number of nitrogens with two attached hydrogens (primary N) is 1. The van der Waals surface area contributed by atoms with Crippen molar-refractivity contribution in [1.29, 1.82) is 0 Å². The molecule has 0 spiro atoms. The smallest absolute Gasteiger partial charge is 0.241 e. The van der Waals surface area contributed by atoms with E-state index in [1.54, 1.807) is 38.5 Å². The van der Waals surface area contributed by atoms with Crippen molar-refractivity contribution in [2.24, 2.45) is 5.73 Å². The normalized spacial score (nSPS) is 11.7. The molecule has 1 aromatic heterocycles. The third kappa shape index (κ3) is 5.35. The van der Waals surface area contributed by atoms with Gasteiger partial charge in [0.2, 0.25) is 5.91 Å². The number of hydrogen-bond acceptors (Lipinski definition) is 7. The third-order valence-electron chi connectivity index (χ3n) is 6.17. The molecule has 0 aliphatic heterocycles. The average molecular weight is 504 g/mol. The molecule has 0 unspecified atom stereocenters. The minimum Gasteiger partial charge on any atom is -0.508 e. The van der Waals surface area contributed by atoms with Crippen LogP contribution in [0.4, 0.5) is 5.69 Å². The van der Waals surface area contributed by atoms with Crippen LogP contribution in [0, 0.1) is 13.8 Å². The van der Waals surface area contributed by atoms with Crippen molar-refractivity contribution in [2.45, 2.75) is 26.3 Å². The summed E-state index contributed by atoms with van der Waals surface area (Å²) in [6.07, 6.45) is 2.16. The summed E-state index contributed by atoms with van der Waals surface area (Å²) >= 11 is 1.41. The van der Waals surface area contributed by atoms with Gasteiger partial charge in [0, 0.05) is 11.8 Å². The Morgan fingerprint density at radius 2 is 1.75 bits per heavy atom. The highest BCUT2D eigenvalue weighted by molar-refractivity contribution is 7.10. The van der Waals surface area contributed by atoms with Crippen molar-refractivity contribution in [3.05, 3.63) is 77.5 Å². The minimum absolute atomic E-state index is 0.167. The number of nitrogens with zero attached hydrogens (tertiary/aromatic N) is 1. The Kier molecular flexibility index (Phi) is 7.57. The number of carbonyl (C=O) groups is 1. The van der Waals surface area contributed by atoms with Crippen molar-refractivity contribution < 1.29 is 19.4 Å². The predicted octanol–water partition coefficient (Wildman–Crippen LogP) is 5.33. The summed E-state index contributed by atoms with van der Waals surface area (Å²) < 4.78 is 15.5. The molecule has 0 aliphatic carbocycles. The second kappa shape index (κ2) is 10.8. The number of methoxy groups -OCH3 is 2. The molecule has 4 N–H and O–H groups in total. The van der Waals surface area contributed by atoms with E-state index >= 15 is 0 Å². The van der Waals surface area contributed by atoms with Crippen molar-refractivity contribution in [3.63, 3.8) is 0 Å². The molecule has 0 aliphatic rings. The number of amides is 1. The van der Waals surface area contributed by atoms with Gasteiger partial charge in [0.25, 0.3) is 0 Å². The first-order valence-corrected chi connectivity index (χ1v) is 12.2. The fourth-order valence-electron chi connectivity index (χ4n) is 4.00. The SMILES string of the molecule is COc1ccc(-c2cnsc2-c2cc(C)c(C)c(OC)c2)cc1NC(=O)[C@H](N)Cc1ccc(O)cc1. The van der Waals surface area contributed by atoms with E-state index in [2.05, 4.69) is 22.7 Å². The van der Waals surface area contributed by atoms with Crippen LogP contribution in [0.2, 0.25) is 0 Å². The van der Waals surface area contributed by atoms with Gasteiger partial charge in [-0.15, -0.1) is 0 Å². The number of aryl methyl sites for hydroxylation is 1. The zero-order chi connectivity index (χ0) is 25.8. The zero-order valence-corrected chi connectivity index (χ0v) is 21.5. The lowest BCUT2D eigenvalue weighted by Gasteiger charge is -2.16. The lowest BCUT2D eigenvalue weighted by Crippen LogP contribution is -2.37. The minimum atomic E-state index is -0.774. The summed E-state index contributed by atoms with van der Waals surface area (Å²) in [6, 6.07) is 15.6. The molecule has 7 nitrogen and oxygen atoms in total. The van der Waals surface area contributed by atoms with Crippen LogP contribution in [0.1, 0.15) is 16.7 Å². The molecule has 1 amide bonds. The summed E-state index contributed by atoms with van der Waals surface area (Å²) in [5, 5.41) is 12.4. The fourth-order valence-corrected chi connectivity index (χ4v) is 4.76. The first-order chi connectivity index (χ1) is 17.3. The van der Waals surface area contributed by atoms with E-state index < -0.39 is 6.04 Å². The van der Waals surface area contributed by atoms with Crippen molar-refractivity contribution in [2.75, 3.05) is 19.5 Å². The van der Waals surface area contributed by atoms with Crippen LogP contribution in [0.3, 0.4) is 0 Å². The molecule has 1 atom stereocenters. The number of phenols is 1. The topological polar surface area (TPSA) is 107 Å². The van der Waals surface area contributed by atoms with E-state index in [0.717, 1.165) is 44.0 Å². The van der Waals surface area contributed by atoms with Crippen molar-refractivity contribution in [1.82, 2.24) is 4.37 Å². The summed E-state index contributed by atoms with van der Waals surface area (Å²) in [7, 11) is 3.23. The van der Waals surface area contributed by atoms with Crippen LogP contribution in [0.25, 0.3) is 21.6 Å². The van der Waals surface area contributed by atoms with Crippen LogP contribution in [0.5, 0.6) is 17.2 Å². The standard InChI is InChI=1S/C28H29N3O4S/c1-16-11-20(14-26(35-4)17(16)2)27-22(15-30-36-27)19-7-10-25(34-3)24(13-19)31-28(33)23(29)12-18-5-8-21(32)9-6-18/h5-11,13-15,23,32H,12,29H2,1-4H3,(H,31,33)/t23-/m1/s1. The number of carbonyl (C=O) groups excluding carboxylic acids is 1. The maximum atomic E-state index is 12.9. The molecule has 4 aromatic rings. The van der Waals surface area contributed by atoms with Crippen LogP contribution < -0.4 is 20.5 Å². The van der Waals surface area contributed by atoms with E-state index in [1.165, 1.54) is 11.5 Å². The largest absolute Gasteiger partial charge is 0.508 e. The molecular formula is C28H29N3O4S. The second-order valence-electron chi connectivity index (χ2n) is 8.57. The Morgan fingerprint density at radius 3 is 2.44 bits per heavy atom. The number of anilines is 1. The van der Waals surface area contributed by atoms with Crippen LogP contribution in [0.15, 0.2) is 60.8 Å². The molecule has 0 fully saturated rings. The predicted molar refractivity (Wildman–Crippen MR) is 144 cm³/mol. The summed E-state index contributed by atoms with van der Waals surface area (Å²) in [5.74, 6) is 1.19. The summed E-state index contributed by atoms with van der Waals surface area (Å²) in [5.41, 5.74) is 12.6. The van der Waals surface area contributed by atoms with Gasteiger partial charge in [0.1, 0.15) is 17.2 Å². The molecule has 1 heterocycles. The number of benzene rings is 3. The molecule has 0 bridgehead atoms. The molecule has 0 saturated heterocycles. The molecule has 8 heteroatoms. The van der Waals surface area contributed by atoms with Gasteiger partial charge in [-0.25, -0.2) is 0 Å². The summed E-state index contributed by atoms with van der Waals surface area (Å²) in [6.45, 7) is 4.10. The average Bonchev–Trinajstić information content (AvgIpc) is 3.37. The van der Waals surface area contributed by atoms with E-state index in [1.807, 2.05) is 37.4 Å². The lowest BCUT2D eigenvalue weighted by atomic mass is 9.99. The van der Waals surface area contributed by atoms with Gasteiger partial charge in [-0.1, -0.05) is 24.3 Å². The first-order valence-electron chi connectivity index (χ1n) is 11.4. The number of hydrogen-bond donors (Lipinski definition) is 3. The Balaban J connectivity index is 1.62. The fraction of sp³-hybridized carbons (Fsp3) is 0.214. The highest BCUT2D eigenvalue weighted by atomic mass is 32.1. The number of aromatic nitrogens is 1. The first kappa shape index (κ1) is 25.2. The quantitative estimate of drug-likeness (QED) is 0.300. The molecule has 0 radical (unpaired) electrons. The van der Waals surface area contributed by atoms with E-state index in [4.69, 9.17) is 15.2 Å². The number of aromatic hydroxyl groups is 1. The van der Waals surface area contributed by atoms with Gasteiger partial charge in [-0.3, -0.25) is 4.79 Å². The van der Waals surface area contributed by atoms with Gasteiger partial charge < -0.3 is 25.6 Å². The Labute approximate surface area is 214 Å². The highest BCUT2D eigenvalue weighted by Gasteiger charge is 2.19. The van der Waals surface area contributed by atoms with Crippen LogP contribution in [-0.2, 0) is 11.2 Å². The second-order valence-corrected chi connectivity index (χ2v) is 9.37. The monoisotopic (exact) mass is 503 g/mol. The molecule has 4 rings (SSSR count). The van der Waals surface area contributed by atoms with Gasteiger partial charge in [-0.2, -0.15) is 4.37 Å². The van der Waals surface area contributed by atoms with E-state index in [0.29, 0.717) is 17.9 Å². The molecule has 0 saturated carbocycles. The maximum Gasteiger partial charge on any atom is 0.241 e. The highest BCUT2D eigenvalue weighted by Crippen LogP contribution is 2.40.